The van der Waals surface area contributed by atoms with Crippen LogP contribution in [-0.2, 0) is 0 Å². The van der Waals surface area contributed by atoms with E-state index in [1.54, 1.807) is 7.11 Å². The van der Waals surface area contributed by atoms with Crippen LogP contribution >= 0.6 is 0 Å². The van der Waals surface area contributed by atoms with E-state index in [0.29, 0.717) is 6.42 Å². The van der Waals surface area contributed by atoms with E-state index in [4.69, 9.17) is 4.74 Å². The Morgan fingerprint density at radius 1 is 1.43 bits per heavy atom. The lowest BCUT2D eigenvalue weighted by atomic mass is 9.77. The Bertz CT molecular complexity index is 543. The second kappa shape index (κ2) is 5.20. The van der Waals surface area contributed by atoms with Crippen molar-refractivity contribution in [3.8, 4) is 5.75 Å². The van der Waals surface area contributed by atoms with Gasteiger partial charge in [-0.2, -0.15) is 0 Å². The van der Waals surface area contributed by atoms with Crippen LogP contribution in [0, 0.1) is 5.92 Å². The van der Waals surface area contributed by atoms with E-state index < -0.39 is 6.17 Å². The van der Waals surface area contributed by atoms with Crippen LogP contribution in [0.1, 0.15) is 37.8 Å². The minimum absolute atomic E-state index is 0.130. The molecule has 0 aliphatic heterocycles. The first-order valence-electron chi connectivity index (χ1n) is 7.38. The Morgan fingerprint density at radius 3 is 2.81 bits per heavy atom. The summed E-state index contributed by atoms with van der Waals surface area (Å²) in [5, 5.41) is 5.87. The number of alkyl halides is 1. The largest absolute Gasteiger partial charge is 0.497 e. The minimum atomic E-state index is -0.749. The van der Waals surface area contributed by atoms with E-state index in [0.717, 1.165) is 24.2 Å². The van der Waals surface area contributed by atoms with Gasteiger partial charge in [0.15, 0.2) is 0 Å². The SMILES string of the molecule is COc1cccc([C@H](C)NC(=O)NC23CC(F)C(C2)C3)c1. The number of nitrogens with one attached hydrogen (secondary N) is 2. The van der Waals surface area contributed by atoms with Gasteiger partial charge in [0.1, 0.15) is 11.9 Å². The first-order chi connectivity index (χ1) is 10.0. The van der Waals surface area contributed by atoms with Crippen molar-refractivity contribution in [1.82, 2.24) is 10.6 Å². The quantitative estimate of drug-likeness (QED) is 0.896. The zero-order chi connectivity index (χ0) is 15.0. The van der Waals surface area contributed by atoms with Gasteiger partial charge in [-0.05, 0) is 43.4 Å². The number of halogens is 1. The highest BCUT2D eigenvalue weighted by Gasteiger charge is 2.57. The Hall–Kier alpha value is -1.78. The summed E-state index contributed by atoms with van der Waals surface area (Å²) in [5.41, 5.74) is 0.672. The van der Waals surface area contributed by atoms with Gasteiger partial charge < -0.3 is 15.4 Å². The first kappa shape index (κ1) is 14.2. The molecule has 0 spiro atoms. The number of hydrogen-bond donors (Lipinski definition) is 2. The van der Waals surface area contributed by atoms with Gasteiger partial charge in [-0.15, -0.1) is 0 Å². The van der Waals surface area contributed by atoms with Gasteiger partial charge in [-0.25, -0.2) is 9.18 Å². The van der Waals surface area contributed by atoms with Gasteiger partial charge in [-0.1, -0.05) is 12.1 Å². The van der Waals surface area contributed by atoms with Gasteiger partial charge in [0, 0.05) is 12.0 Å². The lowest BCUT2D eigenvalue weighted by Gasteiger charge is -2.38. The zero-order valence-corrected chi connectivity index (χ0v) is 12.4. The minimum Gasteiger partial charge on any atom is -0.497 e. The molecule has 3 aliphatic rings. The number of fused-ring (bicyclic) bond motifs is 1. The summed E-state index contributed by atoms with van der Waals surface area (Å²) in [6.45, 7) is 1.92. The third-order valence-corrected chi connectivity index (χ3v) is 4.72. The second-order valence-corrected chi connectivity index (χ2v) is 6.27. The average Bonchev–Trinajstić information content (AvgIpc) is 2.90. The van der Waals surface area contributed by atoms with Crippen LogP contribution in [0.15, 0.2) is 24.3 Å². The highest BCUT2D eigenvalue weighted by atomic mass is 19.1. The molecule has 5 heteroatoms. The monoisotopic (exact) mass is 292 g/mol. The lowest BCUT2D eigenvalue weighted by molar-refractivity contribution is 0.167. The normalized spacial score (nSPS) is 31.2. The van der Waals surface area contributed by atoms with Crippen molar-refractivity contribution in [2.24, 2.45) is 5.92 Å². The van der Waals surface area contributed by atoms with E-state index >= 15 is 0 Å². The molecular formula is C16H21FN2O2. The lowest BCUT2D eigenvalue weighted by Crippen LogP contribution is -2.55. The molecular weight excluding hydrogens is 271 g/mol. The molecule has 2 amide bonds. The van der Waals surface area contributed by atoms with E-state index in [1.165, 1.54) is 0 Å². The molecule has 0 heterocycles. The van der Waals surface area contributed by atoms with Gasteiger partial charge in [-0.3, -0.25) is 0 Å². The van der Waals surface area contributed by atoms with Crippen molar-refractivity contribution < 1.29 is 13.9 Å². The molecule has 1 aromatic carbocycles. The molecule has 3 aliphatic carbocycles. The zero-order valence-electron chi connectivity index (χ0n) is 12.4. The van der Waals surface area contributed by atoms with Crippen molar-refractivity contribution in [3.63, 3.8) is 0 Å². The van der Waals surface area contributed by atoms with Crippen LogP contribution in [0.2, 0.25) is 0 Å². The van der Waals surface area contributed by atoms with Crippen molar-refractivity contribution in [1.29, 1.82) is 0 Å². The summed E-state index contributed by atoms with van der Waals surface area (Å²) in [4.78, 5) is 12.1. The number of ether oxygens (including phenoxy) is 1. The number of methoxy groups -OCH3 is 1. The predicted molar refractivity (Wildman–Crippen MR) is 78.0 cm³/mol. The van der Waals surface area contributed by atoms with Crippen LogP contribution in [-0.4, -0.2) is 24.9 Å². The molecule has 0 radical (unpaired) electrons. The van der Waals surface area contributed by atoms with Crippen molar-refractivity contribution >= 4 is 6.03 Å². The first-order valence-corrected chi connectivity index (χ1v) is 7.38. The smallest absolute Gasteiger partial charge is 0.315 e. The number of rotatable bonds is 4. The molecule has 3 fully saturated rings. The van der Waals surface area contributed by atoms with Crippen LogP contribution in [0.3, 0.4) is 0 Å². The Kier molecular flexibility index (Phi) is 3.51. The second-order valence-electron chi connectivity index (χ2n) is 6.27. The number of benzene rings is 1. The fraction of sp³-hybridized carbons (Fsp3) is 0.562. The summed E-state index contributed by atoms with van der Waals surface area (Å²) in [6, 6.07) is 7.25. The molecule has 1 aromatic rings. The molecule has 4 rings (SSSR count). The average molecular weight is 292 g/mol. The van der Waals surface area contributed by atoms with Gasteiger partial charge in [0.05, 0.1) is 13.2 Å². The van der Waals surface area contributed by atoms with Crippen molar-refractivity contribution in [3.05, 3.63) is 29.8 Å². The van der Waals surface area contributed by atoms with Crippen LogP contribution in [0.5, 0.6) is 5.75 Å². The maximum atomic E-state index is 13.5. The van der Waals surface area contributed by atoms with Gasteiger partial charge >= 0.3 is 6.03 Å². The van der Waals surface area contributed by atoms with Crippen molar-refractivity contribution in [2.75, 3.05) is 7.11 Å². The molecule has 2 atom stereocenters. The molecule has 1 unspecified atom stereocenters. The molecule has 2 N–H and O–H groups in total. The predicted octanol–water partition coefficient (Wildman–Crippen LogP) is 2.95. The van der Waals surface area contributed by atoms with E-state index in [9.17, 15) is 9.18 Å². The molecule has 2 bridgehead atoms. The molecule has 0 aromatic heterocycles. The Labute approximate surface area is 124 Å². The Morgan fingerprint density at radius 2 is 2.19 bits per heavy atom. The fourth-order valence-electron chi connectivity index (χ4n) is 3.53. The van der Waals surface area contributed by atoms with Crippen LogP contribution < -0.4 is 15.4 Å². The topological polar surface area (TPSA) is 50.4 Å². The maximum Gasteiger partial charge on any atom is 0.315 e. The number of hydrogen-bond acceptors (Lipinski definition) is 2. The standard InChI is InChI=1S/C16H21FN2O2/c1-10(11-4-3-5-13(6-11)21-2)18-15(20)19-16-7-12(8-16)14(17)9-16/h3-6,10,12,14H,7-9H2,1-2H3,(H2,18,19,20)/t10-,12?,14?,16?/m0/s1. The maximum absolute atomic E-state index is 13.5. The molecule has 0 saturated heterocycles. The highest BCUT2D eigenvalue weighted by Crippen LogP contribution is 2.53. The highest BCUT2D eigenvalue weighted by molar-refractivity contribution is 5.75. The summed E-state index contributed by atoms with van der Waals surface area (Å²) < 4.78 is 18.7. The summed E-state index contributed by atoms with van der Waals surface area (Å²) in [6.07, 6.45) is 1.25. The number of carbonyl (C=O) groups is 1. The van der Waals surface area contributed by atoms with Gasteiger partial charge in [0.25, 0.3) is 0 Å². The van der Waals surface area contributed by atoms with E-state index in [1.807, 2.05) is 31.2 Å². The summed E-state index contributed by atoms with van der Waals surface area (Å²) in [5.74, 6) is 0.916. The third kappa shape index (κ3) is 2.69. The molecule has 3 saturated carbocycles. The van der Waals surface area contributed by atoms with E-state index in [2.05, 4.69) is 10.6 Å². The molecule has 21 heavy (non-hydrogen) atoms. The van der Waals surface area contributed by atoms with Crippen molar-refractivity contribution in [2.45, 2.75) is 43.9 Å². The van der Waals surface area contributed by atoms with E-state index in [-0.39, 0.29) is 23.5 Å². The number of amides is 2. The van der Waals surface area contributed by atoms with Crippen LogP contribution in [0.25, 0.3) is 0 Å². The number of urea groups is 1. The summed E-state index contributed by atoms with van der Waals surface area (Å²) >= 11 is 0. The van der Waals surface area contributed by atoms with Crippen LogP contribution in [0.4, 0.5) is 9.18 Å². The fourth-order valence-corrected chi connectivity index (χ4v) is 3.53. The molecule has 4 nitrogen and oxygen atoms in total. The number of carbonyl (C=O) groups excluding carboxylic acids is 1. The molecule has 114 valence electrons. The third-order valence-electron chi connectivity index (χ3n) is 4.72. The van der Waals surface area contributed by atoms with Gasteiger partial charge in [0.2, 0.25) is 0 Å². The summed E-state index contributed by atoms with van der Waals surface area (Å²) in [7, 11) is 1.61. The Balaban J connectivity index is 1.57.